The molecule has 0 saturated heterocycles. The molecule has 78 valence electrons. The Morgan fingerprint density at radius 1 is 1.27 bits per heavy atom. The van der Waals surface area contributed by atoms with Gasteiger partial charge in [-0.2, -0.15) is 11.3 Å². The highest BCUT2D eigenvalue weighted by molar-refractivity contribution is 7.08. The number of hydrogen-bond acceptors (Lipinski definition) is 2. The highest BCUT2D eigenvalue weighted by atomic mass is 35.5. The van der Waals surface area contributed by atoms with Crippen LogP contribution in [0.2, 0.25) is 5.02 Å². The van der Waals surface area contributed by atoms with Crippen LogP contribution in [-0.4, -0.2) is 0 Å². The molecular weight excluding hydrogens is 233 g/mol. The van der Waals surface area contributed by atoms with Crippen LogP contribution in [0.25, 0.3) is 0 Å². The second-order valence-electron chi connectivity index (χ2n) is 3.21. The summed E-state index contributed by atoms with van der Waals surface area (Å²) in [5, 5.41) is 4.04. The topological polar surface area (TPSA) is 26.0 Å². The van der Waals surface area contributed by atoms with Gasteiger partial charge in [0.2, 0.25) is 0 Å². The van der Waals surface area contributed by atoms with Crippen LogP contribution in [0.4, 0.5) is 4.39 Å². The zero-order valence-electron chi connectivity index (χ0n) is 7.78. The smallest absolute Gasteiger partial charge is 0.141 e. The summed E-state index contributed by atoms with van der Waals surface area (Å²) in [5.74, 6) is -0.419. The first-order valence-corrected chi connectivity index (χ1v) is 5.73. The van der Waals surface area contributed by atoms with Crippen molar-refractivity contribution in [2.75, 3.05) is 0 Å². The summed E-state index contributed by atoms with van der Waals surface area (Å²) < 4.78 is 12.9. The van der Waals surface area contributed by atoms with E-state index in [1.165, 1.54) is 6.07 Å². The van der Waals surface area contributed by atoms with Crippen LogP contribution in [0.5, 0.6) is 0 Å². The van der Waals surface area contributed by atoms with Crippen molar-refractivity contribution < 1.29 is 4.39 Å². The van der Waals surface area contributed by atoms with E-state index in [4.69, 9.17) is 17.3 Å². The van der Waals surface area contributed by atoms with Gasteiger partial charge in [0.15, 0.2) is 0 Å². The molecule has 0 amide bonds. The van der Waals surface area contributed by atoms with Crippen LogP contribution < -0.4 is 5.73 Å². The third kappa shape index (κ3) is 2.20. The van der Waals surface area contributed by atoms with Gasteiger partial charge >= 0.3 is 0 Å². The van der Waals surface area contributed by atoms with Crippen molar-refractivity contribution in [3.8, 4) is 0 Å². The number of nitrogens with two attached hydrogens (primary N) is 1. The molecule has 0 saturated carbocycles. The maximum atomic E-state index is 12.9. The molecule has 2 N–H and O–H groups in total. The predicted molar refractivity (Wildman–Crippen MR) is 61.8 cm³/mol. The monoisotopic (exact) mass is 241 g/mol. The van der Waals surface area contributed by atoms with Crippen molar-refractivity contribution in [1.29, 1.82) is 0 Å². The van der Waals surface area contributed by atoms with Crippen molar-refractivity contribution >= 4 is 22.9 Å². The maximum absolute atomic E-state index is 12.9. The van der Waals surface area contributed by atoms with E-state index in [9.17, 15) is 4.39 Å². The summed E-state index contributed by atoms with van der Waals surface area (Å²) in [6.07, 6.45) is 0. The van der Waals surface area contributed by atoms with Gasteiger partial charge in [-0.15, -0.1) is 0 Å². The molecule has 0 unspecified atom stereocenters. The van der Waals surface area contributed by atoms with E-state index in [0.29, 0.717) is 0 Å². The normalized spacial score (nSPS) is 12.7. The molecule has 1 aromatic carbocycles. The first-order valence-electron chi connectivity index (χ1n) is 4.41. The van der Waals surface area contributed by atoms with Gasteiger partial charge < -0.3 is 5.73 Å². The molecule has 0 radical (unpaired) electrons. The molecule has 0 bridgehead atoms. The Hall–Kier alpha value is -0.900. The highest BCUT2D eigenvalue weighted by Gasteiger charge is 2.10. The van der Waals surface area contributed by atoms with Crippen molar-refractivity contribution in [2.24, 2.45) is 5.73 Å². The van der Waals surface area contributed by atoms with Crippen LogP contribution >= 0.6 is 22.9 Å². The number of thiophene rings is 1. The van der Waals surface area contributed by atoms with Crippen molar-refractivity contribution in [2.45, 2.75) is 6.04 Å². The van der Waals surface area contributed by atoms with Crippen molar-refractivity contribution in [3.05, 3.63) is 57.0 Å². The van der Waals surface area contributed by atoms with Crippen LogP contribution in [0.15, 0.2) is 35.0 Å². The first kappa shape index (κ1) is 10.6. The van der Waals surface area contributed by atoms with E-state index >= 15 is 0 Å². The molecule has 2 rings (SSSR count). The summed E-state index contributed by atoms with van der Waals surface area (Å²) in [4.78, 5) is 0. The van der Waals surface area contributed by atoms with E-state index < -0.39 is 5.82 Å². The van der Waals surface area contributed by atoms with Crippen LogP contribution in [0.3, 0.4) is 0 Å². The molecule has 0 fully saturated rings. The Bertz CT molecular complexity index is 456. The molecule has 0 aliphatic heterocycles. The standard InChI is InChI=1S/C11H9ClFNS/c12-9-5-7(1-2-10(9)13)11(14)8-3-4-15-6-8/h1-6,11H,14H2/t11-/m1/s1. The Balaban J connectivity index is 2.34. The van der Waals surface area contributed by atoms with E-state index in [2.05, 4.69) is 0 Å². The zero-order chi connectivity index (χ0) is 10.8. The lowest BCUT2D eigenvalue weighted by Gasteiger charge is -2.10. The lowest BCUT2D eigenvalue weighted by molar-refractivity contribution is 0.627. The quantitative estimate of drug-likeness (QED) is 0.855. The molecule has 4 heteroatoms. The molecule has 1 nitrogen and oxygen atoms in total. The molecule has 1 heterocycles. The number of benzene rings is 1. The van der Waals surface area contributed by atoms with Gasteiger partial charge in [-0.1, -0.05) is 17.7 Å². The van der Waals surface area contributed by atoms with E-state index in [-0.39, 0.29) is 11.1 Å². The van der Waals surface area contributed by atoms with E-state index in [1.807, 2.05) is 16.8 Å². The van der Waals surface area contributed by atoms with E-state index in [0.717, 1.165) is 11.1 Å². The molecule has 0 spiro atoms. The Kier molecular flexibility index (Phi) is 3.05. The van der Waals surface area contributed by atoms with Gasteiger partial charge in [0.05, 0.1) is 11.1 Å². The van der Waals surface area contributed by atoms with Gasteiger partial charge in [0, 0.05) is 0 Å². The van der Waals surface area contributed by atoms with Gasteiger partial charge in [-0.25, -0.2) is 4.39 Å². The number of rotatable bonds is 2. The number of hydrogen-bond donors (Lipinski definition) is 1. The minimum absolute atomic E-state index is 0.109. The second kappa shape index (κ2) is 4.31. The van der Waals surface area contributed by atoms with Crippen molar-refractivity contribution in [1.82, 2.24) is 0 Å². The Morgan fingerprint density at radius 2 is 2.07 bits per heavy atom. The largest absolute Gasteiger partial charge is 0.320 e. The van der Waals surface area contributed by atoms with Crippen LogP contribution in [0.1, 0.15) is 17.2 Å². The van der Waals surface area contributed by atoms with Crippen molar-refractivity contribution in [3.63, 3.8) is 0 Å². The maximum Gasteiger partial charge on any atom is 0.141 e. The van der Waals surface area contributed by atoms with Gasteiger partial charge in [-0.05, 0) is 40.1 Å². The minimum atomic E-state index is -0.419. The minimum Gasteiger partial charge on any atom is -0.320 e. The average molecular weight is 242 g/mol. The number of halogens is 2. The summed E-state index contributed by atoms with van der Waals surface area (Å²) in [6.45, 7) is 0. The molecule has 0 aliphatic rings. The second-order valence-corrected chi connectivity index (χ2v) is 4.40. The van der Waals surface area contributed by atoms with Crippen LogP contribution in [-0.2, 0) is 0 Å². The fourth-order valence-electron chi connectivity index (χ4n) is 1.35. The van der Waals surface area contributed by atoms with Gasteiger partial charge in [0.1, 0.15) is 5.82 Å². The lowest BCUT2D eigenvalue weighted by Crippen LogP contribution is -2.10. The summed E-state index contributed by atoms with van der Waals surface area (Å²) >= 11 is 7.27. The fraction of sp³-hybridized carbons (Fsp3) is 0.0909. The Labute approximate surface area is 96.3 Å². The summed E-state index contributed by atoms with van der Waals surface area (Å²) in [6, 6.07) is 6.27. The third-order valence-corrected chi connectivity index (χ3v) is 3.20. The summed E-state index contributed by atoms with van der Waals surface area (Å²) in [5.41, 5.74) is 7.84. The predicted octanol–water partition coefficient (Wildman–Crippen LogP) is 3.59. The molecule has 2 aromatic rings. The van der Waals surface area contributed by atoms with Crippen LogP contribution in [0, 0.1) is 5.82 Å². The lowest BCUT2D eigenvalue weighted by atomic mass is 10.0. The fourth-order valence-corrected chi connectivity index (χ4v) is 2.24. The molecule has 1 aromatic heterocycles. The average Bonchev–Trinajstić information content (AvgIpc) is 2.74. The third-order valence-electron chi connectivity index (χ3n) is 2.21. The summed E-state index contributed by atoms with van der Waals surface area (Å²) in [7, 11) is 0. The molecule has 1 atom stereocenters. The van der Waals surface area contributed by atoms with Gasteiger partial charge in [0.25, 0.3) is 0 Å². The SMILES string of the molecule is N[C@@H](c1ccsc1)c1ccc(F)c(Cl)c1. The molecule has 0 aliphatic carbocycles. The highest BCUT2D eigenvalue weighted by Crippen LogP contribution is 2.25. The zero-order valence-corrected chi connectivity index (χ0v) is 9.36. The Morgan fingerprint density at radius 3 is 2.67 bits per heavy atom. The molecular formula is C11H9ClFNS. The van der Waals surface area contributed by atoms with E-state index in [1.54, 1.807) is 23.5 Å². The first-order chi connectivity index (χ1) is 7.18. The molecule has 15 heavy (non-hydrogen) atoms. The van der Waals surface area contributed by atoms with Gasteiger partial charge in [-0.3, -0.25) is 0 Å².